The molecule has 1 N–H and O–H groups in total. The molecule has 0 saturated carbocycles. The minimum Gasteiger partial charge on any atom is -0.493 e. The average molecular weight is 330 g/mol. The first kappa shape index (κ1) is 15.2. The van der Waals surface area contributed by atoms with Crippen LogP contribution >= 0.6 is 11.3 Å². The van der Waals surface area contributed by atoms with Gasteiger partial charge < -0.3 is 9.84 Å². The normalized spacial score (nSPS) is 10.8. The molecule has 6 nitrogen and oxygen atoms in total. The van der Waals surface area contributed by atoms with Gasteiger partial charge in [-0.3, -0.25) is 0 Å². The highest BCUT2D eigenvalue weighted by atomic mass is 32.1. The zero-order chi connectivity index (χ0) is 16.4. The van der Waals surface area contributed by atoms with Crippen molar-refractivity contribution in [2.75, 3.05) is 6.61 Å². The Kier molecular flexibility index (Phi) is 4.12. The van der Waals surface area contributed by atoms with Crippen molar-refractivity contribution in [3.63, 3.8) is 0 Å². The molecule has 2 aromatic heterocycles. The van der Waals surface area contributed by atoms with Crippen molar-refractivity contribution < 1.29 is 14.6 Å². The number of hydrogen-bond donors (Lipinski definition) is 1. The number of thiophene rings is 1. The van der Waals surface area contributed by atoms with Gasteiger partial charge in [-0.25, -0.2) is 9.59 Å². The Morgan fingerprint density at radius 2 is 2.17 bits per heavy atom. The minimum absolute atomic E-state index is 0.0968. The predicted molar refractivity (Wildman–Crippen MR) is 87.2 cm³/mol. The molecule has 3 rings (SSSR count). The number of fused-ring (bicyclic) bond motifs is 1. The van der Waals surface area contributed by atoms with Crippen molar-refractivity contribution in [1.82, 2.24) is 9.55 Å². The fourth-order valence-corrected chi connectivity index (χ4v) is 3.12. The van der Waals surface area contributed by atoms with Crippen LogP contribution in [0.3, 0.4) is 0 Å². The van der Waals surface area contributed by atoms with Crippen LogP contribution < -0.4 is 5.69 Å². The summed E-state index contributed by atoms with van der Waals surface area (Å²) in [5.41, 5.74) is 0.275. The van der Waals surface area contributed by atoms with Crippen LogP contribution in [0.4, 0.5) is 4.79 Å². The number of nitrogens with zero attached hydrogens (tertiary/aromatic N) is 2. The summed E-state index contributed by atoms with van der Waals surface area (Å²) in [7, 11) is 0. The summed E-state index contributed by atoms with van der Waals surface area (Å²) in [5.74, 6) is -0.439. The van der Waals surface area contributed by atoms with Crippen LogP contribution in [0.25, 0.3) is 10.9 Å². The van der Waals surface area contributed by atoms with Crippen LogP contribution in [0.5, 0.6) is 5.88 Å². The summed E-state index contributed by atoms with van der Waals surface area (Å²) >= 11 is 1.59. The molecule has 0 bridgehead atoms. The maximum absolute atomic E-state index is 12.0. The topological polar surface area (TPSA) is 81.4 Å². The van der Waals surface area contributed by atoms with Gasteiger partial charge in [0.25, 0.3) is 0 Å². The zero-order valence-electron chi connectivity index (χ0n) is 12.4. The molecule has 0 spiro atoms. The molecule has 0 amide bonds. The molecule has 0 fully saturated rings. The molecule has 2 heterocycles. The first-order chi connectivity index (χ1) is 11.1. The van der Waals surface area contributed by atoms with Crippen molar-refractivity contribution in [2.24, 2.45) is 0 Å². The number of hydrogen-bond acceptors (Lipinski definition) is 6. The van der Waals surface area contributed by atoms with Gasteiger partial charge >= 0.3 is 11.8 Å². The molecule has 23 heavy (non-hydrogen) atoms. The molecule has 0 aliphatic heterocycles. The second-order valence-electron chi connectivity index (χ2n) is 4.82. The number of rotatable bonds is 3. The molecule has 0 radical (unpaired) electrons. The van der Waals surface area contributed by atoms with E-state index in [9.17, 15) is 14.7 Å². The SMILES string of the molecule is CCOC(=O)n1c(O)c2c(Cc3cccs3)cccc2nc1=O. The van der Waals surface area contributed by atoms with E-state index in [0.717, 1.165) is 10.4 Å². The molecule has 118 valence electrons. The number of carbonyl (C=O) groups excluding carboxylic acids is 1. The van der Waals surface area contributed by atoms with Crippen molar-refractivity contribution >= 4 is 28.3 Å². The van der Waals surface area contributed by atoms with Gasteiger partial charge in [-0.2, -0.15) is 9.55 Å². The lowest BCUT2D eigenvalue weighted by Gasteiger charge is -2.11. The quantitative estimate of drug-likeness (QED) is 0.798. The van der Waals surface area contributed by atoms with Crippen molar-refractivity contribution in [3.05, 3.63) is 56.6 Å². The third kappa shape index (κ3) is 2.83. The Labute approximate surface area is 135 Å². The summed E-state index contributed by atoms with van der Waals surface area (Å²) in [4.78, 5) is 28.9. The molecular weight excluding hydrogens is 316 g/mol. The molecule has 3 aromatic rings. The number of ether oxygens (including phenoxy) is 1. The molecule has 0 aliphatic rings. The third-order valence-electron chi connectivity index (χ3n) is 3.37. The van der Waals surface area contributed by atoms with E-state index in [-0.39, 0.29) is 6.61 Å². The fraction of sp³-hybridized carbons (Fsp3) is 0.188. The lowest BCUT2D eigenvalue weighted by atomic mass is 10.1. The van der Waals surface area contributed by atoms with E-state index in [1.54, 1.807) is 30.4 Å². The van der Waals surface area contributed by atoms with Crippen molar-refractivity contribution in [3.8, 4) is 5.88 Å². The fourth-order valence-electron chi connectivity index (χ4n) is 2.39. The monoisotopic (exact) mass is 330 g/mol. The summed E-state index contributed by atoms with van der Waals surface area (Å²) in [6.07, 6.45) is -0.360. The minimum atomic E-state index is -0.935. The van der Waals surface area contributed by atoms with Gasteiger partial charge in [0.2, 0.25) is 5.88 Å². The van der Waals surface area contributed by atoms with Gasteiger partial charge in [-0.15, -0.1) is 11.3 Å². The maximum Gasteiger partial charge on any atom is 0.425 e. The number of aromatic hydroxyl groups is 1. The van der Waals surface area contributed by atoms with E-state index in [2.05, 4.69) is 4.98 Å². The van der Waals surface area contributed by atoms with Crippen LogP contribution in [0.2, 0.25) is 0 Å². The molecule has 0 atom stereocenters. The first-order valence-corrected chi connectivity index (χ1v) is 7.93. The van der Waals surface area contributed by atoms with Crippen molar-refractivity contribution in [1.29, 1.82) is 0 Å². The molecule has 0 aliphatic carbocycles. The Bertz CT molecular complexity index is 916. The van der Waals surface area contributed by atoms with Crippen LogP contribution in [0.1, 0.15) is 17.4 Å². The molecule has 7 heteroatoms. The number of carbonyl (C=O) groups is 1. The summed E-state index contributed by atoms with van der Waals surface area (Å²) in [6, 6.07) is 9.16. The molecular formula is C16H14N2O4S. The smallest absolute Gasteiger partial charge is 0.425 e. The first-order valence-electron chi connectivity index (χ1n) is 7.05. The van der Waals surface area contributed by atoms with Crippen LogP contribution in [-0.2, 0) is 11.2 Å². The average Bonchev–Trinajstić information content (AvgIpc) is 3.00. The highest BCUT2D eigenvalue weighted by molar-refractivity contribution is 7.09. The van der Waals surface area contributed by atoms with Crippen LogP contribution in [0, 0.1) is 0 Å². The summed E-state index contributed by atoms with van der Waals surface area (Å²) in [5, 5.41) is 12.8. The zero-order valence-corrected chi connectivity index (χ0v) is 13.2. The van der Waals surface area contributed by atoms with Gasteiger partial charge in [0, 0.05) is 11.3 Å². The van der Waals surface area contributed by atoms with Gasteiger partial charge in [0.1, 0.15) is 0 Å². The highest BCUT2D eigenvalue weighted by Gasteiger charge is 2.19. The lowest BCUT2D eigenvalue weighted by molar-refractivity contribution is 0.150. The van der Waals surface area contributed by atoms with E-state index in [1.807, 2.05) is 23.6 Å². The highest BCUT2D eigenvalue weighted by Crippen LogP contribution is 2.28. The second-order valence-corrected chi connectivity index (χ2v) is 5.85. The lowest BCUT2D eigenvalue weighted by Crippen LogP contribution is -2.30. The third-order valence-corrected chi connectivity index (χ3v) is 4.24. The summed E-state index contributed by atoms with van der Waals surface area (Å²) in [6.45, 7) is 1.72. The van der Waals surface area contributed by atoms with E-state index in [0.29, 0.717) is 21.9 Å². The predicted octanol–water partition coefficient (Wildman–Crippen LogP) is 2.76. The van der Waals surface area contributed by atoms with Gasteiger partial charge in [-0.1, -0.05) is 18.2 Å². The van der Waals surface area contributed by atoms with E-state index < -0.39 is 17.7 Å². The Morgan fingerprint density at radius 1 is 1.35 bits per heavy atom. The van der Waals surface area contributed by atoms with Crippen LogP contribution in [0.15, 0.2) is 40.5 Å². The Balaban J connectivity index is 2.21. The van der Waals surface area contributed by atoms with E-state index in [4.69, 9.17) is 4.74 Å². The standard InChI is InChI=1S/C16H14N2O4S/c1-2-22-16(21)18-14(19)13-10(9-11-6-4-8-23-11)5-3-7-12(13)17-15(18)20/h3-8,19H,2,9H2,1H3. The van der Waals surface area contributed by atoms with E-state index in [1.165, 1.54) is 0 Å². The van der Waals surface area contributed by atoms with Crippen molar-refractivity contribution in [2.45, 2.75) is 13.3 Å². The summed E-state index contributed by atoms with van der Waals surface area (Å²) < 4.78 is 5.37. The number of benzene rings is 1. The Hall–Kier alpha value is -2.67. The largest absolute Gasteiger partial charge is 0.493 e. The van der Waals surface area contributed by atoms with E-state index >= 15 is 0 Å². The van der Waals surface area contributed by atoms with Crippen LogP contribution in [-0.4, -0.2) is 27.4 Å². The van der Waals surface area contributed by atoms with Gasteiger partial charge in [-0.05, 0) is 30.0 Å². The number of aromatic nitrogens is 2. The molecule has 0 saturated heterocycles. The maximum atomic E-state index is 12.0. The second kappa shape index (κ2) is 6.21. The van der Waals surface area contributed by atoms with Gasteiger partial charge in [0.15, 0.2) is 0 Å². The molecule has 1 aromatic carbocycles. The molecule has 0 unspecified atom stereocenters. The van der Waals surface area contributed by atoms with Gasteiger partial charge in [0.05, 0.1) is 17.5 Å². The Morgan fingerprint density at radius 3 is 2.87 bits per heavy atom.